The summed E-state index contributed by atoms with van der Waals surface area (Å²) in [5.74, 6) is 1.73. The number of benzene rings is 1. The Morgan fingerprint density at radius 1 is 1.27 bits per heavy atom. The van der Waals surface area contributed by atoms with Crippen molar-refractivity contribution in [3.63, 3.8) is 0 Å². The minimum absolute atomic E-state index is 0.0162. The van der Waals surface area contributed by atoms with Gasteiger partial charge in [-0.15, -0.1) is 0 Å². The average Bonchev–Trinajstić information content (AvgIpc) is 2.67. The Balaban J connectivity index is 1.64. The fourth-order valence-electron chi connectivity index (χ4n) is 3.05. The second-order valence-electron chi connectivity index (χ2n) is 6.63. The minimum atomic E-state index is -0.0162. The summed E-state index contributed by atoms with van der Waals surface area (Å²) in [4.78, 5) is 9.10. The molecule has 1 atom stereocenters. The molecule has 1 aromatic heterocycles. The van der Waals surface area contributed by atoms with Crippen LogP contribution in [-0.2, 0) is 11.3 Å². The molecule has 26 heavy (non-hydrogen) atoms. The van der Waals surface area contributed by atoms with Crippen LogP contribution in [0.4, 0.5) is 5.82 Å². The van der Waals surface area contributed by atoms with E-state index in [2.05, 4.69) is 11.0 Å². The summed E-state index contributed by atoms with van der Waals surface area (Å²) in [5.41, 5.74) is 2.16. The molecular formula is C20H27N3O3. The van der Waals surface area contributed by atoms with Crippen LogP contribution in [0.15, 0.2) is 42.5 Å². The number of aliphatic hydroxyl groups excluding tert-OH is 1. The topological polar surface area (TPSA) is 58.1 Å². The van der Waals surface area contributed by atoms with Gasteiger partial charge >= 0.3 is 0 Å². The van der Waals surface area contributed by atoms with Gasteiger partial charge in [-0.25, -0.2) is 4.98 Å². The third-order valence-corrected chi connectivity index (χ3v) is 4.36. The Bertz CT molecular complexity index is 708. The quantitative estimate of drug-likeness (QED) is 0.819. The Morgan fingerprint density at radius 3 is 2.92 bits per heavy atom. The maximum Gasteiger partial charge on any atom is 0.128 e. The van der Waals surface area contributed by atoms with Crippen molar-refractivity contribution in [1.82, 2.24) is 9.88 Å². The molecule has 1 aliphatic heterocycles. The van der Waals surface area contributed by atoms with E-state index in [1.165, 1.54) is 5.56 Å². The van der Waals surface area contributed by atoms with E-state index in [0.717, 1.165) is 36.9 Å². The van der Waals surface area contributed by atoms with E-state index >= 15 is 0 Å². The molecule has 0 bridgehead atoms. The molecule has 0 unspecified atom stereocenters. The fourth-order valence-corrected chi connectivity index (χ4v) is 3.05. The second-order valence-corrected chi connectivity index (χ2v) is 6.63. The van der Waals surface area contributed by atoms with E-state index in [1.54, 1.807) is 0 Å². The van der Waals surface area contributed by atoms with Gasteiger partial charge in [0.1, 0.15) is 24.3 Å². The van der Waals surface area contributed by atoms with Crippen LogP contribution >= 0.6 is 0 Å². The summed E-state index contributed by atoms with van der Waals surface area (Å²) in [6.45, 7) is 3.57. The molecule has 1 fully saturated rings. The predicted molar refractivity (Wildman–Crippen MR) is 102 cm³/mol. The highest BCUT2D eigenvalue weighted by Gasteiger charge is 2.23. The lowest BCUT2D eigenvalue weighted by Gasteiger charge is -2.33. The van der Waals surface area contributed by atoms with E-state index in [4.69, 9.17) is 19.6 Å². The van der Waals surface area contributed by atoms with Crippen molar-refractivity contribution < 1.29 is 14.6 Å². The van der Waals surface area contributed by atoms with Crippen molar-refractivity contribution in [3.05, 3.63) is 53.7 Å². The first-order valence-corrected chi connectivity index (χ1v) is 8.96. The molecule has 0 amide bonds. The fraction of sp³-hybridized carbons (Fsp3) is 0.450. The highest BCUT2D eigenvalue weighted by Crippen LogP contribution is 2.24. The Hall–Kier alpha value is -2.15. The van der Waals surface area contributed by atoms with Gasteiger partial charge < -0.3 is 19.5 Å². The first-order chi connectivity index (χ1) is 12.7. The van der Waals surface area contributed by atoms with Crippen LogP contribution in [0.1, 0.15) is 17.4 Å². The van der Waals surface area contributed by atoms with E-state index < -0.39 is 0 Å². The van der Waals surface area contributed by atoms with Gasteiger partial charge in [-0.1, -0.05) is 18.2 Å². The van der Waals surface area contributed by atoms with Crippen LogP contribution in [0.2, 0.25) is 0 Å². The summed E-state index contributed by atoms with van der Waals surface area (Å²) in [5, 5.41) is 8.89. The lowest BCUT2D eigenvalue weighted by Crippen LogP contribution is -2.38. The van der Waals surface area contributed by atoms with Crippen molar-refractivity contribution >= 4 is 5.82 Å². The van der Waals surface area contributed by atoms with Gasteiger partial charge in [0, 0.05) is 33.7 Å². The minimum Gasteiger partial charge on any atom is -0.491 e. The third-order valence-electron chi connectivity index (χ3n) is 4.36. The van der Waals surface area contributed by atoms with E-state index in [1.807, 2.05) is 55.4 Å². The molecule has 1 saturated heterocycles. The standard InChI is InChI=1S/C20H27N3O3/c1-22(2)20-8-4-7-18(21-20)19-15-23(9-11-26-19)14-16-5-3-6-17(13-16)25-12-10-24/h3-8,13,19,24H,9-12,14-15H2,1-2H3/t19-/m0/s1. The van der Waals surface area contributed by atoms with Crippen molar-refractivity contribution in [2.24, 2.45) is 0 Å². The molecule has 3 rings (SSSR count). The molecule has 6 nitrogen and oxygen atoms in total. The van der Waals surface area contributed by atoms with Crippen molar-refractivity contribution in [2.75, 3.05) is 51.9 Å². The zero-order chi connectivity index (χ0) is 18.4. The number of pyridine rings is 1. The number of nitrogens with zero attached hydrogens (tertiary/aromatic N) is 3. The second kappa shape index (κ2) is 8.98. The normalized spacial score (nSPS) is 17.9. The van der Waals surface area contributed by atoms with Gasteiger partial charge in [0.25, 0.3) is 0 Å². The molecule has 2 aromatic rings. The predicted octanol–water partition coefficient (Wildman–Crippen LogP) is 2.09. The molecule has 6 heteroatoms. The first-order valence-electron chi connectivity index (χ1n) is 8.96. The van der Waals surface area contributed by atoms with E-state index in [0.29, 0.717) is 13.2 Å². The number of hydrogen-bond acceptors (Lipinski definition) is 6. The van der Waals surface area contributed by atoms with Gasteiger partial charge in [-0.05, 0) is 29.8 Å². The molecule has 0 saturated carbocycles. The number of rotatable bonds is 7. The zero-order valence-electron chi connectivity index (χ0n) is 15.5. The molecule has 1 aromatic carbocycles. The van der Waals surface area contributed by atoms with Crippen LogP contribution in [0.5, 0.6) is 5.75 Å². The lowest BCUT2D eigenvalue weighted by atomic mass is 10.1. The van der Waals surface area contributed by atoms with E-state index in [9.17, 15) is 0 Å². The molecule has 1 N–H and O–H groups in total. The number of anilines is 1. The summed E-state index contributed by atoms with van der Waals surface area (Å²) in [6, 6.07) is 14.1. The van der Waals surface area contributed by atoms with E-state index in [-0.39, 0.29) is 12.7 Å². The molecule has 0 aliphatic carbocycles. The monoisotopic (exact) mass is 357 g/mol. The molecule has 0 spiro atoms. The van der Waals surface area contributed by atoms with Gasteiger partial charge in [0.15, 0.2) is 0 Å². The Morgan fingerprint density at radius 2 is 2.12 bits per heavy atom. The number of ether oxygens (including phenoxy) is 2. The smallest absolute Gasteiger partial charge is 0.128 e. The van der Waals surface area contributed by atoms with Gasteiger partial charge in [-0.2, -0.15) is 0 Å². The maximum atomic E-state index is 8.89. The van der Waals surface area contributed by atoms with Crippen LogP contribution in [0, 0.1) is 0 Å². The van der Waals surface area contributed by atoms with Gasteiger partial charge in [0.05, 0.1) is 18.9 Å². The van der Waals surface area contributed by atoms with Gasteiger partial charge in [0.2, 0.25) is 0 Å². The van der Waals surface area contributed by atoms with Crippen LogP contribution in [0.25, 0.3) is 0 Å². The molecule has 2 heterocycles. The maximum absolute atomic E-state index is 8.89. The molecule has 140 valence electrons. The SMILES string of the molecule is CN(C)c1cccc([C@@H]2CN(Cc3cccc(OCCO)c3)CCO2)n1. The summed E-state index contributed by atoms with van der Waals surface area (Å²) in [6.07, 6.45) is -0.0162. The Labute approximate surface area is 155 Å². The average molecular weight is 357 g/mol. The number of aromatic nitrogens is 1. The zero-order valence-corrected chi connectivity index (χ0v) is 15.5. The summed E-state index contributed by atoms with van der Waals surface area (Å²) in [7, 11) is 3.98. The number of morpholine rings is 1. The largest absolute Gasteiger partial charge is 0.491 e. The Kier molecular flexibility index (Phi) is 6.44. The third kappa shape index (κ3) is 4.94. The van der Waals surface area contributed by atoms with Gasteiger partial charge in [-0.3, -0.25) is 4.90 Å². The lowest BCUT2D eigenvalue weighted by molar-refractivity contribution is -0.0349. The summed E-state index contributed by atoms with van der Waals surface area (Å²) >= 11 is 0. The molecule has 0 radical (unpaired) electrons. The highest BCUT2D eigenvalue weighted by molar-refractivity contribution is 5.37. The number of hydrogen-bond donors (Lipinski definition) is 1. The first kappa shape index (κ1) is 18.6. The summed E-state index contributed by atoms with van der Waals surface area (Å²) < 4.78 is 11.5. The van der Waals surface area contributed by atoms with Crippen molar-refractivity contribution in [1.29, 1.82) is 0 Å². The van der Waals surface area contributed by atoms with Crippen molar-refractivity contribution in [3.8, 4) is 5.75 Å². The van der Waals surface area contributed by atoms with Crippen molar-refractivity contribution in [2.45, 2.75) is 12.6 Å². The number of aliphatic hydroxyl groups is 1. The van der Waals surface area contributed by atoms with Crippen LogP contribution in [0.3, 0.4) is 0 Å². The van der Waals surface area contributed by atoms with Crippen LogP contribution < -0.4 is 9.64 Å². The highest BCUT2D eigenvalue weighted by atomic mass is 16.5. The van der Waals surface area contributed by atoms with Crippen LogP contribution in [-0.4, -0.2) is 62.0 Å². The molecule has 1 aliphatic rings. The molecular weight excluding hydrogens is 330 g/mol.